The van der Waals surface area contributed by atoms with Crippen molar-refractivity contribution in [2.75, 3.05) is 17.1 Å². The van der Waals surface area contributed by atoms with Gasteiger partial charge in [0.15, 0.2) is 0 Å². The van der Waals surface area contributed by atoms with Crippen LogP contribution in [0, 0.1) is 6.92 Å². The summed E-state index contributed by atoms with van der Waals surface area (Å²) in [6, 6.07) is 12.9. The lowest BCUT2D eigenvalue weighted by Crippen LogP contribution is -2.42. The number of benzene rings is 2. The summed E-state index contributed by atoms with van der Waals surface area (Å²) in [7, 11) is -3.62. The quantitative estimate of drug-likeness (QED) is 0.824. The molecule has 0 saturated heterocycles. The summed E-state index contributed by atoms with van der Waals surface area (Å²) in [5.41, 5.74) is 3.51. The van der Waals surface area contributed by atoms with Crippen molar-refractivity contribution in [3.05, 3.63) is 64.2 Å². The monoisotopic (exact) mass is 406 g/mol. The van der Waals surface area contributed by atoms with E-state index in [4.69, 9.17) is 11.6 Å². The molecule has 1 unspecified atom stereocenters. The van der Waals surface area contributed by atoms with E-state index < -0.39 is 10.0 Å². The number of aryl methyl sites for hydroxylation is 2. The fraction of sp³-hybridized carbons (Fsp3) is 0.350. The average molecular weight is 407 g/mol. The molecule has 1 N–H and O–H groups in total. The summed E-state index contributed by atoms with van der Waals surface area (Å²) >= 11 is 5.97. The van der Waals surface area contributed by atoms with Gasteiger partial charge in [0, 0.05) is 5.02 Å². The highest BCUT2D eigenvalue weighted by Crippen LogP contribution is 2.30. The fourth-order valence-corrected chi connectivity index (χ4v) is 4.69. The number of hydrogen-bond donors (Lipinski definition) is 1. The van der Waals surface area contributed by atoms with Crippen LogP contribution >= 0.6 is 11.6 Å². The Morgan fingerprint density at radius 1 is 1.26 bits per heavy atom. The Balaban J connectivity index is 1.80. The number of amides is 1. The summed E-state index contributed by atoms with van der Waals surface area (Å²) in [4.78, 5) is 12.7. The summed E-state index contributed by atoms with van der Waals surface area (Å²) in [6.45, 7) is 1.51. The van der Waals surface area contributed by atoms with E-state index in [1.54, 1.807) is 25.1 Å². The highest BCUT2D eigenvalue weighted by atomic mass is 35.5. The van der Waals surface area contributed by atoms with Gasteiger partial charge in [0.1, 0.15) is 6.54 Å². The summed E-state index contributed by atoms with van der Waals surface area (Å²) in [6.07, 6.45) is 3.95. The molecule has 0 saturated carbocycles. The second-order valence-electron chi connectivity index (χ2n) is 6.91. The van der Waals surface area contributed by atoms with Gasteiger partial charge in [-0.15, -0.1) is 0 Å². The van der Waals surface area contributed by atoms with E-state index in [2.05, 4.69) is 11.4 Å². The maximum absolute atomic E-state index is 12.7. The van der Waals surface area contributed by atoms with Gasteiger partial charge in [-0.1, -0.05) is 35.9 Å². The molecule has 0 bridgehead atoms. The first-order valence-electron chi connectivity index (χ1n) is 8.87. The minimum atomic E-state index is -3.62. The molecular weight excluding hydrogens is 384 g/mol. The Morgan fingerprint density at radius 3 is 2.70 bits per heavy atom. The van der Waals surface area contributed by atoms with Crippen LogP contribution in [-0.4, -0.2) is 27.1 Å². The molecule has 7 heteroatoms. The van der Waals surface area contributed by atoms with E-state index in [0.717, 1.165) is 35.4 Å². The van der Waals surface area contributed by atoms with Crippen molar-refractivity contribution < 1.29 is 13.2 Å². The van der Waals surface area contributed by atoms with Gasteiger partial charge < -0.3 is 5.32 Å². The Hall–Kier alpha value is -2.05. The zero-order valence-electron chi connectivity index (χ0n) is 15.4. The van der Waals surface area contributed by atoms with Gasteiger partial charge in [-0.25, -0.2) is 8.42 Å². The zero-order chi connectivity index (χ0) is 19.6. The normalized spacial score (nSPS) is 16.5. The second-order valence-corrected chi connectivity index (χ2v) is 9.25. The van der Waals surface area contributed by atoms with Gasteiger partial charge in [-0.05, 0) is 61.1 Å². The smallest absolute Gasteiger partial charge is 0.241 e. The minimum absolute atomic E-state index is 0.0878. The van der Waals surface area contributed by atoms with E-state index >= 15 is 0 Å². The van der Waals surface area contributed by atoms with Gasteiger partial charge in [0.2, 0.25) is 15.9 Å². The van der Waals surface area contributed by atoms with Crippen LogP contribution in [0.1, 0.15) is 35.6 Å². The number of carbonyl (C=O) groups excluding carboxylic acids is 1. The molecule has 3 rings (SSSR count). The number of nitrogens with one attached hydrogen (secondary N) is 1. The van der Waals surface area contributed by atoms with Crippen molar-refractivity contribution in [3.8, 4) is 0 Å². The van der Waals surface area contributed by atoms with E-state index in [1.807, 2.05) is 18.2 Å². The zero-order valence-corrected chi connectivity index (χ0v) is 17.0. The molecule has 5 nitrogen and oxygen atoms in total. The molecule has 0 aliphatic heterocycles. The maximum atomic E-state index is 12.7. The van der Waals surface area contributed by atoms with Crippen LogP contribution in [0.15, 0.2) is 42.5 Å². The van der Waals surface area contributed by atoms with E-state index in [0.29, 0.717) is 16.3 Å². The lowest BCUT2D eigenvalue weighted by atomic mass is 9.88. The minimum Gasteiger partial charge on any atom is -0.348 e. The number of carbonyl (C=O) groups is 1. The van der Waals surface area contributed by atoms with Crippen LogP contribution in [0.25, 0.3) is 0 Å². The number of sulfonamides is 1. The van der Waals surface area contributed by atoms with Crippen molar-refractivity contribution >= 4 is 33.2 Å². The van der Waals surface area contributed by atoms with Crippen LogP contribution in [0.5, 0.6) is 0 Å². The molecule has 1 atom stereocenters. The van der Waals surface area contributed by atoms with Crippen LogP contribution in [-0.2, 0) is 21.2 Å². The van der Waals surface area contributed by atoms with Gasteiger partial charge in [0.05, 0.1) is 18.0 Å². The molecule has 27 heavy (non-hydrogen) atoms. The molecule has 0 radical (unpaired) electrons. The van der Waals surface area contributed by atoms with Gasteiger partial charge in [-0.2, -0.15) is 0 Å². The topological polar surface area (TPSA) is 66.5 Å². The molecule has 1 aliphatic rings. The first-order valence-corrected chi connectivity index (χ1v) is 11.1. The number of anilines is 1. The largest absolute Gasteiger partial charge is 0.348 e. The van der Waals surface area contributed by atoms with E-state index in [-0.39, 0.29) is 18.5 Å². The predicted octanol–water partition coefficient (Wildman–Crippen LogP) is 3.61. The molecule has 1 aliphatic carbocycles. The molecule has 0 fully saturated rings. The molecule has 2 aromatic rings. The molecule has 1 amide bonds. The number of halogens is 1. The summed E-state index contributed by atoms with van der Waals surface area (Å²) in [5.74, 6) is -0.323. The Kier molecular flexibility index (Phi) is 5.77. The van der Waals surface area contributed by atoms with Crippen molar-refractivity contribution in [2.24, 2.45) is 0 Å². The number of fused-ring (bicyclic) bond motifs is 1. The molecule has 2 aromatic carbocycles. The van der Waals surface area contributed by atoms with Crippen LogP contribution in [0.2, 0.25) is 5.02 Å². The first kappa shape index (κ1) is 19.7. The molecular formula is C20H23ClN2O3S. The maximum Gasteiger partial charge on any atom is 0.241 e. The van der Waals surface area contributed by atoms with E-state index in [1.165, 1.54) is 5.56 Å². The molecule has 144 valence electrons. The summed E-state index contributed by atoms with van der Waals surface area (Å²) in [5, 5.41) is 3.53. The SMILES string of the molecule is Cc1cc(Cl)ccc1N(CC(=O)NC1CCCc2ccccc21)S(C)(=O)=O. The number of rotatable bonds is 5. The summed E-state index contributed by atoms with van der Waals surface area (Å²) < 4.78 is 25.7. The van der Waals surface area contributed by atoms with Crippen LogP contribution < -0.4 is 9.62 Å². The van der Waals surface area contributed by atoms with Crippen molar-refractivity contribution in [1.82, 2.24) is 5.32 Å². The predicted molar refractivity (Wildman–Crippen MR) is 109 cm³/mol. The average Bonchev–Trinajstić information content (AvgIpc) is 2.60. The molecule has 0 spiro atoms. The third-order valence-corrected chi connectivity index (χ3v) is 6.18. The lowest BCUT2D eigenvalue weighted by molar-refractivity contribution is -0.120. The second kappa shape index (κ2) is 7.90. The number of nitrogens with zero attached hydrogens (tertiary/aromatic N) is 1. The van der Waals surface area contributed by atoms with Gasteiger partial charge in [0.25, 0.3) is 0 Å². The van der Waals surface area contributed by atoms with Crippen LogP contribution in [0.3, 0.4) is 0 Å². The van der Waals surface area contributed by atoms with E-state index in [9.17, 15) is 13.2 Å². The van der Waals surface area contributed by atoms with Crippen molar-refractivity contribution in [2.45, 2.75) is 32.2 Å². The van der Waals surface area contributed by atoms with Crippen LogP contribution in [0.4, 0.5) is 5.69 Å². The molecule has 0 heterocycles. The van der Waals surface area contributed by atoms with Crippen molar-refractivity contribution in [3.63, 3.8) is 0 Å². The molecule has 0 aromatic heterocycles. The van der Waals surface area contributed by atoms with Gasteiger partial charge in [-0.3, -0.25) is 9.10 Å². The van der Waals surface area contributed by atoms with Gasteiger partial charge >= 0.3 is 0 Å². The Bertz CT molecular complexity index is 959. The fourth-order valence-electron chi connectivity index (χ4n) is 3.55. The highest BCUT2D eigenvalue weighted by molar-refractivity contribution is 7.92. The third kappa shape index (κ3) is 4.62. The van der Waals surface area contributed by atoms with Crippen molar-refractivity contribution in [1.29, 1.82) is 0 Å². The third-order valence-electron chi connectivity index (χ3n) is 4.82. The first-order chi connectivity index (χ1) is 12.8. The lowest BCUT2D eigenvalue weighted by Gasteiger charge is -2.28. The standard InChI is InChI=1S/C20H23ClN2O3S/c1-14-12-16(21)10-11-19(14)23(27(2,25)26)13-20(24)22-18-9-5-7-15-6-3-4-8-17(15)18/h3-4,6,8,10-12,18H,5,7,9,13H2,1-2H3,(H,22,24). The highest BCUT2D eigenvalue weighted by Gasteiger charge is 2.26. The Morgan fingerprint density at radius 2 is 2.00 bits per heavy atom. The number of hydrogen-bond acceptors (Lipinski definition) is 3. The Labute approximate surface area is 165 Å².